The highest BCUT2D eigenvalue weighted by atomic mass is 16.5. The van der Waals surface area contributed by atoms with Crippen molar-refractivity contribution in [2.45, 2.75) is 13.0 Å². The van der Waals surface area contributed by atoms with Gasteiger partial charge in [-0.05, 0) is 29.7 Å². The van der Waals surface area contributed by atoms with E-state index in [2.05, 4.69) is 16.4 Å². The number of benzene rings is 2. The lowest BCUT2D eigenvalue weighted by Crippen LogP contribution is -2.28. The fourth-order valence-corrected chi connectivity index (χ4v) is 2.72. The van der Waals surface area contributed by atoms with Crippen LogP contribution < -0.4 is 10.1 Å². The zero-order chi connectivity index (χ0) is 17.5. The summed E-state index contributed by atoms with van der Waals surface area (Å²) in [5.74, 6) is 0.733. The Morgan fingerprint density at radius 1 is 1.16 bits per heavy atom. The number of aromatic amines is 1. The van der Waals surface area contributed by atoms with Gasteiger partial charge < -0.3 is 19.8 Å². The topological polar surface area (TPSA) is 63.3 Å². The van der Waals surface area contributed by atoms with Gasteiger partial charge in [-0.25, -0.2) is 0 Å². The summed E-state index contributed by atoms with van der Waals surface area (Å²) in [6, 6.07) is 16.1. The highest BCUT2D eigenvalue weighted by molar-refractivity contribution is 5.84. The van der Waals surface area contributed by atoms with Gasteiger partial charge in [0.15, 0.2) is 0 Å². The Labute approximate surface area is 147 Å². The molecule has 0 unspecified atom stereocenters. The van der Waals surface area contributed by atoms with Crippen molar-refractivity contribution in [1.82, 2.24) is 10.3 Å². The molecule has 5 nitrogen and oxygen atoms in total. The van der Waals surface area contributed by atoms with Crippen LogP contribution in [-0.2, 0) is 22.6 Å². The van der Waals surface area contributed by atoms with E-state index >= 15 is 0 Å². The summed E-state index contributed by atoms with van der Waals surface area (Å²) in [5, 5.41) is 3.98. The summed E-state index contributed by atoms with van der Waals surface area (Å²) in [5.41, 5.74) is 3.34. The van der Waals surface area contributed by atoms with E-state index in [0.29, 0.717) is 13.2 Å². The van der Waals surface area contributed by atoms with Crippen LogP contribution in [0.3, 0.4) is 0 Å². The molecule has 1 amide bonds. The summed E-state index contributed by atoms with van der Waals surface area (Å²) in [7, 11) is 1.51. The van der Waals surface area contributed by atoms with Gasteiger partial charge in [-0.3, -0.25) is 4.79 Å². The third-order valence-corrected chi connectivity index (χ3v) is 3.98. The van der Waals surface area contributed by atoms with Gasteiger partial charge in [0.25, 0.3) is 0 Å². The SMILES string of the molecule is COCC(=O)NCCc1c[nH]c2cc(OCc3ccccc3)ccc12. The Morgan fingerprint density at radius 2 is 2.00 bits per heavy atom. The molecule has 3 rings (SSSR count). The Kier molecular flexibility index (Phi) is 5.69. The van der Waals surface area contributed by atoms with Crippen molar-refractivity contribution >= 4 is 16.8 Å². The number of hydrogen-bond acceptors (Lipinski definition) is 3. The van der Waals surface area contributed by atoms with Crippen molar-refractivity contribution in [3.05, 3.63) is 65.9 Å². The fraction of sp³-hybridized carbons (Fsp3) is 0.250. The van der Waals surface area contributed by atoms with Crippen LogP contribution in [0.1, 0.15) is 11.1 Å². The van der Waals surface area contributed by atoms with Crippen LogP contribution in [0.25, 0.3) is 10.9 Å². The average molecular weight is 338 g/mol. The van der Waals surface area contributed by atoms with Crippen molar-refractivity contribution in [1.29, 1.82) is 0 Å². The molecular formula is C20H22N2O3. The summed E-state index contributed by atoms with van der Waals surface area (Å²) in [4.78, 5) is 14.7. The highest BCUT2D eigenvalue weighted by Gasteiger charge is 2.06. The first kappa shape index (κ1) is 17.0. The molecule has 0 atom stereocenters. The monoisotopic (exact) mass is 338 g/mol. The molecule has 2 N–H and O–H groups in total. The molecular weight excluding hydrogens is 316 g/mol. The van der Waals surface area contributed by atoms with Gasteiger partial charge in [0.1, 0.15) is 19.0 Å². The second-order valence-electron chi connectivity index (χ2n) is 5.83. The van der Waals surface area contributed by atoms with Crippen molar-refractivity contribution in [3.8, 4) is 5.75 Å². The minimum absolute atomic E-state index is 0.0933. The van der Waals surface area contributed by atoms with E-state index in [1.807, 2.05) is 48.7 Å². The number of fused-ring (bicyclic) bond motifs is 1. The Hall–Kier alpha value is -2.79. The average Bonchev–Trinajstić information content (AvgIpc) is 3.03. The standard InChI is InChI=1S/C20H22N2O3/c1-24-14-20(23)21-10-9-16-12-22-19-11-17(7-8-18(16)19)25-13-15-5-3-2-4-6-15/h2-8,11-12,22H,9-10,13-14H2,1H3,(H,21,23). The molecule has 0 aliphatic rings. The molecule has 5 heteroatoms. The lowest BCUT2D eigenvalue weighted by atomic mass is 10.1. The molecule has 1 aromatic heterocycles. The lowest BCUT2D eigenvalue weighted by molar-refractivity contribution is -0.124. The minimum atomic E-state index is -0.0982. The van der Waals surface area contributed by atoms with E-state index in [0.717, 1.165) is 28.6 Å². The Morgan fingerprint density at radius 3 is 2.80 bits per heavy atom. The number of amides is 1. The van der Waals surface area contributed by atoms with Crippen LogP contribution in [0.4, 0.5) is 0 Å². The third-order valence-electron chi connectivity index (χ3n) is 3.98. The number of aromatic nitrogens is 1. The largest absolute Gasteiger partial charge is 0.489 e. The molecule has 0 saturated carbocycles. The first-order valence-corrected chi connectivity index (χ1v) is 8.28. The summed E-state index contributed by atoms with van der Waals surface area (Å²) >= 11 is 0. The van der Waals surface area contributed by atoms with Gasteiger partial charge in [-0.15, -0.1) is 0 Å². The maximum absolute atomic E-state index is 11.4. The maximum Gasteiger partial charge on any atom is 0.245 e. The first-order valence-electron chi connectivity index (χ1n) is 8.28. The second kappa shape index (κ2) is 8.35. The van der Waals surface area contributed by atoms with Crippen LogP contribution >= 0.6 is 0 Å². The maximum atomic E-state index is 11.4. The van der Waals surface area contributed by atoms with Gasteiger partial charge in [0.05, 0.1) is 0 Å². The van der Waals surface area contributed by atoms with Gasteiger partial charge in [-0.1, -0.05) is 30.3 Å². The Bertz CT molecular complexity index is 827. The normalized spacial score (nSPS) is 10.8. The Balaban J connectivity index is 1.59. The predicted molar refractivity (Wildman–Crippen MR) is 97.7 cm³/mol. The molecule has 0 aliphatic carbocycles. The van der Waals surface area contributed by atoms with Crippen molar-refractivity contribution in [2.75, 3.05) is 20.3 Å². The summed E-state index contributed by atoms with van der Waals surface area (Å²) < 4.78 is 10.7. The molecule has 130 valence electrons. The molecule has 0 fully saturated rings. The second-order valence-corrected chi connectivity index (χ2v) is 5.83. The van der Waals surface area contributed by atoms with Crippen LogP contribution in [-0.4, -0.2) is 31.2 Å². The number of carbonyl (C=O) groups is 1. The summed E-state index contributed by atoms with van der Waals surface area (Å²) in [6.45, 7) is 1.23. The molecule has 0 saturated heterocycles. The van der Waals surface area contributed by atoms with Crippen molar-refractivity contribution in [2.24, 2.45) is 0 Å². The van der Waals surface area contributed by atoms with Gasteiger partial charge in [0, 0.05) is 36.8 Å². The van der Waals surface area contributed by atoms with Crippen molar-refractivity contribution < 1.29 is 14.3 Å². The lowest BCUT2D eigenvalue weighted by Gasteiger charge is -2.07. The number of nitrogens with one attached hydrogen (secondary N) is 2. The molecule has 0 radical (unpaired) electrons. The molecule has 0 bridgehead atoms. The predicted octanol–water partition coefficient (Wildman–Crippen LogP) is 3.05. The van der Waals surface area contributed by atoms with Gasteiger partial charge in [-0.2, -0.15) is 0 Å². The smallest absolute Gasteiger partial charge is 0.245 e. The first-order chi connectivity index (χ1) is 12.3. The van der Waals surface area contributed by atoms with Gasteiger partial charge in [0.2, 0.25) is 5.91 Å². The van der Waals surface area contributed by atoms with Gasteiger partial charge >= 0.3 is 0 Å². The number of hydrogen-bond donors (Lipinski definition) is 2. The quantitative estimate of drug-likeness (QED) is 0.663. The molecule has 0 aliphatic heterocycles. The highest BCUT2D eigenvalue weighted by Crippen LogP contribution is 2.24. The van der Waals surface area contributed by atoms with E-state index in [-0.39, 0.29) is 12.5 Å². The van der Waals surface area contributed by atoms with Crippen LogP contribution in [0.2, 0.25) is 0 Å². The van der Waals surface area contributed by atoms with E-state index in [4.69, 9.17) is 9.47 Å². The third kappa shape index (κ3) is 4.61. The number of methoxy groups -OCH3 is 1. The van der Waals surface area contributed by atoms with Crippen LogP contribution in [0.15, 0.2) is 54.7 Å². The van der Waals surface area contributed by atoms with E-state index < -0.39 is 0 Å². The molecule has 2 aromatic carbocycles. The van der Waals surface area contributed by atoms with Crippen molar-refractivity contribution in [3.63, 3.8) is 0 Å². The summed E-state index contributed by atoms with van der Waals surface area (Å²) in [6.07, 6.45) is 2.74. The number of rotatable bonds is 8. The molecule has 25 heavy (non-hydrogen) atoms. The van der Waals surface area contributed by atoms with Crippen LogP contribution in [0, 0.1) is 0 Å². The molecule has 0 spiro atoms. The van der Waals surface area contributed by atoms with E-state index in [1.54, 1.807) is 0 Å². The minimum Gasteiger partial charge on any atom is -0.489 e. The van der Waals surface area contributed by atoms with Crippen LogP contribution in [0.5, 0.6) is 5.75 Å². The number of ether oxygens (including phenoxy) is 2. The fourth-order valence-electron chi connectivity index (χ4n) is 2.72. The molecule has 3 aromatic rings. The number of carbonyl (C=O) groups excluding carboxylic acids is 1. The van der Waals surface area contributed by atoms with E-state index in [1.165, 1.54) is 12.7 Å². The van der Waals surface area contributed by atoms with E-state index in [9.17, 15) is 4.79 Å². The zero-order valence-corrected chi connectivity index (χ0v) is 14.2. The number of H-pyrrole nitrogens is 1. The zero-order valence-electron chi connectivity index (χ0n) is 14.2. The molecule has 1 heterocycles.